The molecule has 3 heterocycles. The second-order valence-corrected chi connectivity index (χ2v) is 7.35. The highest BCUT2D eigenvalue weighted by molar-refractivity contribution is 6.34. The number of H-pyrrole nitrogens is 1. The highest BCUT2D eigenvalue weighted by atomic mass is 16.6. The van der Waals surface area contributed by atoms with E-state index >= 15 is 0 Å². The van der Waals surface area contributed by atoms with Crippen molar-refractivity contribution in [2.24, 2.45) is 0 Å². The van der Waals surface area contributed by atoms with E-state index in [4.69, 9.17) is 4.74 Å². The number of benzene rings is 1. The first-order chi connectivity index (χ1) is 14.1. The highest BCUT2D eigenvalue weighted by Gasteiger charge is 2.26. The average Bonchev–Trinajstić information content (AvgIpc) is 3.41. The number of hydrogen-bond donors (Lipinski definition) is 2. The molecule has 7 heteroatoms. The Morgan fingerprint density at radius 1 is 1.17 bits per heavy atom. The Kier molecular flexibility index (Phi) is 5.40. The predicted molar refractivity (Wildman–Crippen MR) is 112 cm³/mol. The van der Waals surface area contributed by atoms with Gasteiger partial charge in [0.15, 0.2) is 0 Å². The second kappa shape index (κ2) is 8.13. The summed E-state index contributed by atoms with van der Waals surface area (Å²) in [6.45, 7) is 8.68. The summed E-state index contributed by atoms with van der Waals surface area (Å²) in [7, 11) is 0. The number of aromatic nitrogens is 1. The number of aromatic amines is 1. The first kappa shape index (κ1) is 19.3. The zero-order valence-corrected chi connectivity index (χ0v) is 16.8. The molecule has 2 amide bonds. The van der Waals surface area contributed by atoms with Gasteiger partial charge in [-0.2, -0.15) is 0 Å². The van der Waals surface area contributed by atoms with Crippen LogP contribution in [0, 0.1) is 0 Å². The van der Waals surface area contributed by atoms with Gasteiger partial charge in [0.2, 0.25) is 0 Å². The number of nitrogens with zero attached hydrogens (tertiary/aromatic N) is 2. The predicted octanol–water partition coefficient (Wildman–Crippen LogP) is 3.30. The molecule has 1 aromatic carbocycles. The van der Waals surface area contributed by atoms with E-state index in [2.05, 4.69) is 35.1 Å². The topological polar surface area (TPSA) is 77.7 Å². The third kappa shape index (κ3) is 4.05. The summed E-state index contributed by atoms with van der Waals surface area (Å²) in [6, 6.07) is 7.89. The van der Waals surface area contributed by atoms with Gasteiger partial charge < -0.3 is 19.9 Å². The van der Waals surface area contributed by atoms with Crippen molar-refractivity contribution in [2.45, 2.75) is 26.9 Å². The van der Waals surface area contributed by atoms with Crippen LogP contribution in [0.25, 0.3) is 11.6 Å². The molecule has 0 saturated carbocycles. The van der Waals surface area contributed by atoms with Crippen LogP contribution in [0.5, 0.6) is 0 Å². The molecule has 29 heavy (non-hydrogen) atoms. The van der Waals surface area contributed by atoms with E-state index < -0.39 is 0 Å². The molecule has 2 aliphatic rings. The molecule has 1 saturated heterocycles. The summed E-state index contributed by atoms with van der Waals surface area (Å²) >= 11 is 0. The Morgan fingerprint density at radius 2 is 2.00 bits per heavy atom. The van der Waals surface area contributed by atoms with Crippen LogP contribution in [0.3, 0.4) is 0 Å². The fraction of sp³-hybridized carbons (Fsp3) is 0.364. The van der Waals surface area contributed by atoms with E-state index in [0.717, 1.165) is 42.1 Å². The number of nitrogens with one attached hydrogen (secondary N) is 2. The summed E-state index contributed by atoms with van der Waals surface area (Å²) in [4.78, 5) is 31.5. The van der Waals surface area contributed by atoms with Crippen LogP contribution in [-0.2, 0) is 22.6 Å². The van der Waals surface area contributed by atoms with Crippen molar-refractivity contribution < 1.29 is 14.3 Å². The molecule has 1 fully saturated rings. The molecular weight excluding hydrogens is 368 g/mol. The number of rotatable bonds is 7. The van der Waals surface area contributed by atoms with Crippen LogP contribution in [0.15, 0.2) is 30.5 Å². The summed E-state index contributed by atoms with van der Waals surface area (Å²) in [5, 5.41) is 2.92. The van der Waals surface area contributed by atoms with Crippen LogP contribution in [-0.4, -0.2) is 53.0 Å². The fourth-order valence-electron chi connectivity index (χ4n) is 3.76. The van der Waals surface area contributed by atoms with Gasteiger partial charge in [-0.25, -0.2) is 4.79 Å². The van der Waals surface area contributed by atoms with Gasteiger partial charge in [0, 0.05) is 36.2 Å². The van der Waals surface area contributed by atoms with E-state index in [-0.39, 0.29) is 12.0 Å². The van der Waals surface area contributed by atoms with Gasteiger partial charge in [0.25, 0.3) is 5.91 Å². The Bertz CT molecular complexity index is 959. The minimum atomic E-state index is -0.289. The van der Waals surface area contributed by atoms with E-state index in [1.165, 1.54) is 5.56 Å². The van der Waals surface area contributed by atoms with Gasteiger partial charge in [0.05, 0.1) is 12.1 Å². The van der Waals surface area contributed by atoms with Crippen molar-refractivity contribution >= 4 is 29.3 Å². The lowest BCUT2D eigenvalue weighted by Crippen LogP contribution is -2.23. The Hall–Kier alpha value is -3.06. The van der Waals surface area contributed by atoms with Gasteiger partial charge in [-0.3, -0.25) is 9.69 Å². The molecular formula is C22H26N4O3. The van der Waals surface area contributed by atoms with Crippen molar-refractivity contribution in [3.05, 3.63) is 52.8 Å². The minimum Gasteiger partial charge on any atom is -0.448 e. The molecule has 152 valence electrons. The lowest BCUT2D eigenvalue weighted by atomic mass is 10.0. The monoisotopic (exact) mass is 394 g/mol. The molecule has 4 rings (SSSR count). The van der Waals surface area contributed by atoms with Gasteiger partial charge in [-0.1, -0.05) is 19.9 Å². The third-order valence-electron chi connectivity index (χ3n) is 5.45. The minimum absolute atomic E-state index is 0.113. The molecule has 2 aromatic rings. The average molecular weight is 394 g/mol. The van der Waals surface area contributed by atoms with Crippen LogP contribution in [0.2, 0.25) is 0 Å². The van der Waals surface area contributed by atoms with E-state index in [1.54, 1.807) is 4.90 Å². The lowest BCUT2D eigenvalue weighted by Gasteiger charge is -2.16. The number of hydrogen-bond acceptors (Lipinski definition) is 4. The highest BCUT2D eigenvalue weighted by Crippen LogP contribution is 2.34. The summed E-state index contributed by atoms with van der Waals surface area (Å²) in [5.41, 5.74) is 5.35. The molecule has 0 atom stereocenters. The van der Waals surface area contributed by atoms with Crippen LogP contribution in [0.1, 0.15) is 36.2 Å². The normalized spacial score (nSPS) is 17.2. The summed E-state index contributed by atoms with van der Waals surface area (Å²) in [6.07, 6.45) is 3.59. The Morgan fingerprint density at radius 3 is 2.72 bits per heavy atom. The standard InChI is InChI=1S/C22H26N4O3/c1-3-25(4-2)13-16-9-17(23-12-16)11-19-18-10-15(5-6-20(18)24-21(19)27)14-26-7-8-29-22(26)28/h5-6,9-12,23H,3-4,7-8,13-14H2,1-2H3,(H,24,27). The molecule has 1 aromatic heterocycles. The number of carbonyl (C=O) groups excluding carboxylic acids is 2. The molecule has 0 radical (unpaired) electrons. The van der Waals surface area contributed by atoms with Gasteiger partial charge in [-0.05, 0) is 48.5 Å². The number of anilines is 1. The molecule has 2 aliphatic heterocycles. The van der Waals surface area contributed by atoms with Crippen molar-refractivity contribution in [3.8, 4) is 0 Å². The lowest BCUT2D eigenvalue weighted by molar-refractivity contribution is -0.110. The van der Waals surface area contributed by atoms with Crippen LogP contribution < -0.4 is 5.32 Å². The SMILES string of the molecule is CCN(CC)Cc1c[nH]c(C=C2C(=O)Nc3ccc(CN4CCOC4=O)cc32)c1. The zero-order valence-electron chi connectivity index (χ0n) is 16.8. The fourth-order valence-corrected chi connectivity index (χ4v) is 3.76. The maximum Gasteiger partial charge on any atom is 0.410 e. The van der Waals surface area contributed by atoms with E-state index in [1.807, 2.05) is 30.5 Å². The molecule has 7 nitrogen and oxygen atoms in total. The molecule has 0 aliphatic carbocycles. The molecule has 0 unspecified atom stereocenters. The number of amides is 2. The smallest absolute Gasteiger partial charge is 0.410 e. The Labute approximate surface area is 170 Å². The summed E-state index contributed by atoms with van der Waals surface area (Å²) in [5.74, 6) is -0.113. The van der Waals surface area contributed by atoms with Gasteiger partial charge in [-0.15, -0.1) is 0 Å². The van der Waals surface area contributed by atoms with E-state index in [0.29, 0.717) is 25.3 Å². The van der Waals surface area contributed by atoms with Crippen molar-refractivity contribution in [1.29, 1.82) is 0 Å². The maximum absolute atomic E-state index is 12.5. The number of cyclic esters (lactones) is 1. The van der Waals surface area contributed by atoms with Crippen molar-refractivity contribution in [2.75, 3.05) is 31.6 Å². The molecule has 0 bridgehead atoms. The summed E-state index contributed by atoms with van der Waals surface area (Å²) < 4.78 is 4.99. The number of fused-ring (bicyclic) bond motifs is 1. The first-order valence-corrected chi connectivity index (χ1v) is 10.0. The number of ether oxygens (including phenoxy) is 1. The molecule has 2 N–H and O–H groups in total. The zero-order chi connectivity index (χ0) is 20.4. The molecule has 0 spiro atoms. The van der Waals surface area contributed by atoms with Gasteiger partial charge in [0.1, 0.15) is 6.61 Å². The largest absolute Gasteiger partial charge is 0.448 e. The van der Waals surface area contributed by atoms with Crippen molar-refractivity contribution in [1.82, 2.24) is 14.8 Å². The second-order valence-electron chi connectivity index (χ2n) is 7.35. The number of carbonyl (C=O) groups is 2. The quantitative estimate of drug-likeness (QED) is 0.707. The van der Waals surface area contributed by atoms with Gasteiger partial charge >= 0.3 is 6.09 Å². The third-order valence-corrected chi connectivity index (χ3v) is 5.45. The van der Waals surface area contributed by atoms with Crippen molar-refractivity contribution in [3.63, 3.8) is 0 Å². The van der Waals surface area contributed by atoms with E-state index in [9.17, 15) is 9.59 Å². The maximum atomic E-state index is 12.5. The van der Waals surface area contributed by atoms with Crippen LogP contribution >= 0.6 is 0 Å². The van der Waals surface area contributed by atoms with Crippen LogP contribution in [0.4, 0.5) is 10.5 Å². The first-order valence-electron chi connectivity index (χ1n) is 10.0. The Balaban J connectivity index is 1.56.